The Balaban J connectivity index is 1.28. The van der Waals surface area contributed by atoms with Crippen LogP contribution in [-0.4, -0.2) is 62.7 Å². The third-order valence-corrected chi connectivity index (χ3v) is 7.04. The van der Waals surface area contributed by atoms with Crippen molar-refractivity contribution in [2.24, 2.45) is 0 Å². The monoisotopic (exact) mass is 544 g/mol. The van der Waals surface area contributed by atoms with Crippen molar-refractivity contribution in [3.05, 3.63) is 108 Å². The van der Waals surface area contributed by atoms with Crippen LogP contribution >= 0.6 is 0 Å². The molecule has 0 bridgehead atoms. The Bertz CT molecular complexity index is 1430. The summed E-state index contributed by atoms with van der Waals surface area (Å²) in [6, 6.07) is 22.7. The molecule has 206 valence electrons. The van der Waals surface area contributed by atoms with Gasteiger partial charge in [-0.05, 0) is 72.1 Å². The van der Waals surface area contributed by atoms with Crippen molar-refractivity contribution in [3.63, 3.8) is 0 Å². The van der Waals surface area contributed by atoms with E-state index in [0.717, 1.165) is 35.3 Å². The summed E-state index contributed by atoms with van der Waals surface area (Å²) in [4.78, 5) is 30.3. The lowest BCUT2D eigenvalue weighted by Gasteiger charge is -2.38. The van der Waals surface area contributed by atoms with Gasteiger partial charge >= 0.3 is 0 Å². The number of halogens is 2. The molecule has 1 aliphatic heterocycles. The van der Waals surface area contributed by atoms with Crippen LogP contribution in [0.25, 0.3) is 10.8 Å². The Hall–Kier alpha value is -4.50. The van der Waals surface area contributed by atoms with Crippen LogP contribution in [-0.2, 0) is 0 Å². The second-order valence-electron chi connectivity index (χ2n) is 9.67. The summed E-state index contributed by atoms with van der Waals surface area (Å²) in [7, 11) is 1.66. The van der Waals surface area contributed by atoms with Crippen LogP contribution in [0.2, 0.25) is 0 Å². The number of nitrogens with one attached hydrogen (secondary N) is 2. The lowest BCUT2D eigenvalue weighted by Crippen LogP contribution is -2.57. The van der Waals surface area contributed by atoms with Gasteiger partial charge in [0.2, 0.25) is 0 Å². The van der Waals surface area contributed by atoms with Crippen molar-refractivity contribution in [2.75, 3.05) is 44.7 Å². The van der Waals surface area contributed by atoms with E-state index in [1.807, 2.05) is 24.3 Å². The molecule has 0 aliphatic carbocycles. The second kappa shape index (κ2) is 12.1. The van der Waals surface area contributed by atoms with Crippen molar-refractivity contribution in [3.8, 4) is 5.75 Å². The summed E-state index contributed by atoms with van der Waals surface area (Å²) >= 11 is 0. The quantitative estimate of drug-likeness (QED) is 0.321. The number of piperazine rings is 1. The van der Waals surface area contributed by atoms with Gasteiger partial charge < -0.3 is 20.3 Å². The van der Waals surface area contributed by atoms with Gasteiger partial charge in [0.1, 0.15) is 23.5 Å². The van der Waals surface area contributed by atoms with Crippen LogP contribution in [0.5, 0.6) is 5.75 Å². The molecule has 5 rings (SSSR count). The highest BCUT2D eigenvalue weighted by Crippen LogP contribution is 2.30. The summed E-state index contributed by atoms with van der Waals surface area (Å²) in [5.41, 5.74) is 1.68. The summed E-state index contributed by atoms with van der Waals surface area (Å²) < 4.78 is 32.1. The maximum absolute atomic E-state index is 13.4. The van der Waals surface area contributed by atoms with Gasteiger partial charge in [-0.2, -0.15) is 0 Å². The highest BCUT2D eigenvalue weighted by Gasteiger charge is 2.24. The van der Waals surface area contributed by atoms with Gasteiger partial charge in [0.15, 0.2) is 0 Å². The SMILES string of the molecule is COc1ccc2cccc(N3CCN(CC(NC(=O)c4ccc(F)cc4)NC(=O)c4ccc(F)cc4)CC3)c2c1. The highest BCUT2D eigenvalue weighted by atomic mass is 19.1. The van der Waals surface area contributed by atoms with E-state index >= 15 is 0 Å². The molecule has 1 heterocycles. The van der Waals surface area contributed by atoms with E-state index in [-0.39, 0.29) is 11.1 Å². The van der Waals surface area contributed by atoms with E-state index in [1.54, 1.807) is 7.11 Å². The third-order valence-electron chi connectivity index (χ3n) is 7.04. The Morgan fingerprint density at radius 1 is 0.800 bits per heavy atom. The Kier molecular flexibility index (Phi) is 8.21. The lowest BCUT2D eigenvalue weighted by molar-refractivity contribution is 0.0857. The van der Waals surface area contributed by atoms with Gasteiger partial charge in [0.05, 0.1) is 7.11 Å². The van der Waals surface area contributed by atoms with E-state index in [9.17, 15) is 18.4 Å². The molecule has 4 aromatic carbocycles. The molecule has 0 spiro atoms. The average molecular weight is 545 g/mol. The fraction of sp³-hybridized carbons (Fsp3) is 0.226. The fourth-order valence-electron chi connectivity index (χ4n) is 4.88. The topological polar surface area (TPSA) is 73.9 Å². The molecule has 2 N–H and O–H groups in total. The van der Waals surface area contributed by atoms with Crippen molar-refractivity contribution in [2.45, 2.75) is 6.17 Å². The molecule has 0 atom stereocenters. The molecule has 7 nitrogen and oxygen atoms in total. The Morgan fingerprint density at radius 3 is 1.93 bits per heavy atom. The largest absolute Gasteiger partial charge is 0.497 e. The summed E-state index contributed by atoms with van der Waals surface area (Å²) in [6.07, 6.45) is -0.733. The summed E-state index contributed by atoms with van der Waals surface area (Å²) in [6.45, 7) is 3.27. The van der Waals surface area contributed by atoms with Crippen molar-refractivity contribution in [1.82, 2.24) is 15.5 Å². The van der Waals surface area contributed by atoms with Crippen molar-refractivity contribution < 1.29 is 23.1 Å². The van der Waals surface area contributed by atoms with Gasteiger partial charge in [0.25, 0.3) is 11.8 Å². The van der Waals surface area contributed by atoms with Crippen LogP contribution in [0.15, 0.2) is 84.9 Å². The molecule has 0 radical (unpaired) electrons. The van der Waals surface area contributed by atoms with E-state index in [4.69, 9.17) is 4.74 Å². The van der Waals surface area contributed by atoms with Crippen LogP contribution < -0.4 is 20.3 Å². The zero-order chi connectivity index (χ0) is 28.1. The smallest absolute Gasteiger partial charge is 0.252 e. The number of amides is 2. The first kappa shape index (κ1) is 27.1. The molecule has 2 amide bonds. The average Bonchev–Trinajstić information content (AvgIpc) is 2.97. The number of hydrogen-bond donors (Lipinski definition) is 2. The lowest BCUT2D eigenvalue weighted by atomic mass is 10.1. The Morgan fingerprint density at radius 2 is 1.38 bits per heavy atom. The van der Waals surface area contributed by atoms with Gasteiger partial charge in [-0.3, -0.25) is 14.5 Å². The minimum absolute atomic E-state index is 0.277. The maximum Gasteiger partial charge on any atom is 0.252 e. The van der Waals surface area contributed by atoms with E-state index in [1.165, 1.54) is 48.5 Å². The number of methoxy groups -OCH3 is 1. The number of carbonyl (C=O) groups excluding carboxylic acids is 2. The first-order chi connectivity index (χ1) is 19.4. The first-order valence-electron chi connectivity index (χ1n) is 13.1. The number of fused-ring (bicyclic) bond motifs is 1. The number of hydrogen-bond acceptors (Lipinski definition) is 5. The number of nitrogens with zero attached hydrogens (tertiary/aromatic N) is 2. The van der Waals surface area contributed by atoms with Crippen LogP contribution in [0, 0.1) is 11.6 Å². The molecule has 1 aliphatic rings. The molecule has 4 aromatic rings. The summed E-state index contributed by atoms with van der Waals surface area (Å²) in [5.74, 6) is -0.962. The normalized spacial score (nSPS) is 13.8. The highest BCUT2D eigenvalue weighted by molar-refractivity contribution is 5.97. The molecule has 0 aromatic heterocycles. The van der Waals surface area contributed by atoms with Gasteiger partial charge in [0, 0.05) is 54.9 Å². The van der Waals surface area contributed by atoms with Crippen LogP contribution in [0.3, 0.4) is 0 Å². The predicted molar refractivity (Wildman–Crippen MR) is 151 cm³/mol. The molecular weight excluding hydrogens is 514 g/mol. The molecule has 0 unspecified atom stereocenters. The second-order valence-corrected chi connectivity index (χ2v) is 9.67. The zero-order valence-electron chi connectivity index (χ0n) is 22.1. The molecule has 0 saturated carbocycles. The minimum Gasteiger partial charge on any atom is -0.497 e. The maximum atomic E-state index is 13.4. The molecule has 1 saturated heterocycles. The third kappa shape index (κ3) is 6.38. The van der Waals surface area contributed by atoms with Gasteiger partial charge in [-0.1, -0.05) is 18.2 Å². The molecule has 1 fully saturated rings. The number of carbonyl (C=O) groups is 2. The minimum atomic E-state index is -0.733. The zero-order valence-corrected chi connectivity index (χ0v) is 22.1. The van der Waals surface area contributed by atoms with Gasteiger partial charge in [-0.25, -0.2) is 8.78 Å². The van der Waals surface area contributed by atoms with Crippen molar-refractivity contribution in [1.29, 1.82) is 0 Å². The molecule has 9 heteroatoms. The number of anilines is 1. The number of rotatable bonds is 8. The standard InChI is InChI=1S/C31H30F2N4O3/c1-40-26-14-9-21-3-2-4-28(27(21)19-26)37-17-15-36(16-18-37)20-29(34-30(38)22-5-10-24(32)11-6-22)35-31(39)23-7-12-25(33)13-8-23/h2-14,19,29H,15-18,20H2,1H3,(H,34,38)(H,35,39). The first-order valence-corrected chi connectivity index (χ1v) is 13.1. The van der Waals surface area contributed by atoms with Crippen LogP contribution in [0.4, 0.5) is 14.5 Å². The van der Waals surface area contributed by atoms with E-state index in [0.29, 0.717) is 19.6 Å². The Labute approximate surface area is 231 Å². The fourth-order valence-corrected chi connectivity index (χ4v) is 4.88. The number of benzene rings is 4. The molecular formula is C31H30F2N4O3. The number of ether oxygens (including phenoxy) is 1. The predicted octanol–water partition coefficient (Wildman–Crippen LogP) is 4.43. The van der Waals surface area contributed by atoms with Crippen molar-refractivity contribution >= 4 is 28.3 Å². The van der Waals surface area contributed by atoms with Gasteiger partial charge in [-0.15, -0.1) is 0 Å². The molecule has 40 heavy (non-hydrogen) atoms. The summed E-state index contributed by atoms with van der Waals surface area (Å²) in [5, 5.41) is 7.96. The van der Waals surface area contributed by atoms with Crippen LogP contribution in [0.1, 0.15) is 20.7 Å². The van der Waals surface area contributed by atoms with E-state index in [2.05, 4.69) is 32.6 Å². The van der Waals surface area contributed by atoms with E-state index < -0.39 is 29.6 Å².